The van der Waals surface area contributed by atoms with Gasteiger partial charge >= 0.3 is 0 Å². The zero-order valence-corrected chi connectivity index (χ0v) is 26.2. The Morgan fingerprint density at radius 2 is 1.83 bits per heavy atom. The summed E-state index contributed by atoms with van der Waals surface area (Å²) in [6.45, 7) is 10.2. The minimum absolute atomic E-state index is 0.225. The Balaban J connectivity index is 1.23. The lowest BCUT2D eigenvalue weighted by atomic mass is 9.94. The fraction of sp³-hybridized carbons (Fsp3) is 0.387. The maximum atomic E-state index is 11.6. The fourth-order valence-electron chi connectivity index (χ4n) is 5.21. The van der Waals surface area contributed by atoms with Crippen molar-refractivity contribution in [2.75, 3.05) is 6.61 Å². The second-order valence-electron chi connectivity index (χ2n) is 12.2. The van der Waals surface area contributed by atoms with Crippen LogP contribution in [-0.4, -0.2) is 49.8 Å². The van der Waals surface area contributed by atoms with E-state index in [1.54, 1.807) is 12.4 Å². The summed E-state index contributed by atoms with van der Waals surface area (Å²) in [4.78, 5) is 25.8. The minimum Gasteiger partial charge on any atom is -0.456 e. The topological polar surface area (TPSA) is 97.0 Å². The largest absolute Gasteiger partial charge is 0.456 e. The van der Waals surface area contributed by atoms with Gasteiger partial charge in [-0.05, 0) is 50.1 Å². The van der Waals surface area contributed by atoms with E-state index < -0.39 is 8.07 Å². The number of fused-ring (bicyclic) bond motifs is 2. The molecule has 0 unspecified atom stereocenters. The van der Waals surface area contributed by atoms with Gasteiger partial charge in [0, 0.05) is 45.3 Å². The van der Waals surface area contributed by atoms with Gasteiger partial charge in [-0.3, -0.25) is 14.5 Å². The van der Waals surface area contributed by atoms with Crippen LogP contribution in [0.5, 0.6) is 11.5 Å². The number of ketones is 1. The number of ether oxygens (including phenoxy) is 2. The summed E-state index contributed by atoms with van der Waals surface area (Å²) in [7, 11) is -1.16. The van der Waals surface area contributed by atoms with Crippen LogP contribution in [0.4, 0.5) is 0 Å². The number of hydrogen-bond acceptors (Lipinski definition) is 7. The highest BCUT2D eigenvalue weighted by atomic mass is 35.5. The highest BCUT2D eigenvalue weighted by Crippen LogP contribution is 2.36. The monoisotopic (exact) mass is 602 g/mol. The molecular weight excluding hydrogens is 568 g/mol. The van der Waals surface area contributed by atoms with E-state index in [-0.39, 0.29) is 6.04 Å². The summed E-state index contributed by atoms with van der Waals surface area (Å²) in [5, 5.41) is 4.94. The highest BCUT2D eigenvalue weighted by molar-refractivity contribution is 6.76. The maximum Gasteiger partial charge on any atom is 0.148 e. The SMILES string of the molecule is Cc1nc2ccc(Oc3ccc4ncc(-c5cnn(C6CCC(=O)CC6)c5)nc4c3Cl)cc2n1COCC[Si](C)(C)C. The van der Waals surface area contributed by atoms with Crippen LogP contribution >= 0.6 is 11.6 Å². The van der Waals surface area contributed by atoms with Gasteiger partial charge in [-0.2, -0.15) is 5.10 Å². The number of carbonyl (C=O) groups excluding carboxylic acids is 1. The smallest absolute Gasteiger partial charge is 0.148 e. The fourth-order valence-corrected chi connectivity index (χ4v) is 6.21. The van der Waals surface area contributed by atoms with E-state index in [4.69, 9.17) is 31.0 Å². The summed E-state index contributed by atoms with van der Waals surface area (Å²) < 4.78 is 16.3. The first-order valence-electron chi connectivity index (χ1n) is 14.4. The molecule has 0 aliphatic heterocycles. The molecule has 0 radical (unpaired) electrons. The third kappa shape index (κ3) is 6.11. The first kappa shape index (κ1) is 28.5. The van der Waals surface area contributed by atoms with Gasteiger partial charge in [0.25, 0.3) is 0 Å². The molecular formula is C31H35ClN6O3Si. The van der Waals surface area contributed by atoms with Crippen molar-refractivity contribution >= 4 is 47.5 Å². The van der Waals surface area contributed by atoms with Crippen LogP contribution in [0.1, 0.15) is 37.5 Å². The zero-order valence-electron chi connectivity index (χ0n) is 24.4. The molecule has 1 fully saturated rings. The predicted octanol–water partition coefficient (Wildman–Crippen LogP) is 7.59. The van der Waals surface area contributed by atoms with E-state index in [1.165, 1.54) is 0 Å². The van der Waals surface area contributed by atoms with Gasteiger partial charge in [-0.25, -0.2) is 9.97 Å². The summed E-state index contributed by atoms with van der Waals surface area (Å²) >= 11 is 6.85. The maximum absolute atomic E-state index is 11.6. The molecule has 9 nitrogen and oxygen atoms in total. The molecule has 0 bridgehead atoms. The van der Waals surface area contributed by atoms with Crippen molar-refractivity contribution in [3.8, 4) is 22.8 Å². The van der Waals surface area contributed by atoms with Crippen molar-refractivity contribution in [1.29, 1.82) is 0 Å². The summed E-state index contributed by atoms with van der Waals surface area (Å²) in [6.07, 6.45) is 8.33. The number of Topliss-reactive ketones (excluding diaryl/α,β-unsaturated/α-hetero) is 1. The Labute approximate surface area is 250 Å². The van der Waals surface area contributed by atoms with Crippen molar-refractivity contribution in [2.45, 2.75) is 71.1 Å². The molecule has 3 heterocycles. The Hall–Kier alpha value is -3.60. The molecule has 0 spiro atoms. The second-order valence-corrected chi connectivity index (χ2v) is 18.2. The molecule has 42 heavy (non-hydrogen) atoms. The zero-order chi connectivity index (χ0) is 29.4. The Kier molecular flexibility index (Phi) is 7.86. The third-order valence-corrected chi connectivity index (χ3v) is 9.83. The molecule has 1 saturated carbocycles. The van der Waals surface area contributed by atoms with Crippen LogP contribution in [0.2, 0.25) is 30.7 Å². The molecule has 218 valence electrons. The number of nitrogens with zero attached hydrogens (tertiary/aromatic N) is 6. The number of benzene rings is 2. The average molecular weight is 603 g/mol. The molecule has 2 aromatic carbocycles. The molecule has 3 aromatic heterocycles. The summed E-state index contributed by atoms with van der Waals surface area (Å²) in [6, 6.07) is 10.8. The summed E-state index contributed by atoms with van der Waals surface area (Å²) in [5.41, 5.74) is 4.58. The van der Waals surface area contributed by atoms with Crippen LogP contribution in [0.25, 0.3) is 33.3 Å². The van der Waals surface area contributed by atoms with E-state index in [0.29, 0.717) is 58.6 Å². The summed E-state index contributed by atoms with van der Waals surface area (Å²) in [5.74, 6) is 2.35. The number of hydrogen-bond donors (Lipinski definition) is 0. The van der Waals surface area contributed by atoms with E-state index in [1.807, 2.05) is 48.1 Å². The number of aryl methyl sites for hydroxylation is 1. The molecule has 0 saturated heterocycles. The van der Waals surface area contributed by atoms with E-state index >= 15 is 0 Å². The Morgan fingerprint density at radius 1 is 1.05 bits per heavy atom. The van der Waals surface area contributed by atoms with Gasteiger partial charge in [0.2, 0.25) is 0 Å². The van der Waals surface area contributed by atoms with Crippen LogP contribution in [0, 0.1) is 6.92 Å². The van der Waals surface area contributed by atoms with Crippen molar-refractivity contribution in [3.63, 3.8) is 0 Å². The second kappa shape index (κ2) is 11.6. The Morgan fingerprint density at radius 3 is 2.62 bits per heavy atom. The number of aromatic nitrogens is 6. The van der Waals surface area contributed by atoms with Crippen molar-refractivity contribution < 1.29 is 14.3 Å². The number of halogens is 1. The molecule has 0 amide bonds. The molecule has 5 aromatic rings. The van der Waals surface area contributed by atoms with Crippen LogP contribution in [0.3, 0.4) is 0 Å². The average Bonchev–Trinajstić information content (AvgIpc) is 3.57. The van der Waals surface area contributed by atoms with Gasteiger partial charge in [0.1, 0.15) is 40.4 Å². The van der Waals surface area contributed by atoms with Crippen LogP contribution < -0.4 is 4.74 Å². The van der Waals surface area contributed by atoms with Crippen LogP contribution in [-0.2, 0) is 16.3 Å². The van der Waals surface area contributed by atoms with Crippen molar-refractivity contribution in [1.82, 2.24) is 29.3 Å². The lowest BCUT2D eigenvalue weighted by molar-refractivity contribution is -0.120. The molecule has 6 rings (SSSR count). The third-order valence-electron chi connectivity index (χ3n) is 7.76. The van der Waals surface area contributed by atoms with Gasteiger partial charge in [0.15, 0.2) is 0 Å². The first-order chi connectivity index (χ1) is 20.1. The normalized spacial score (nSPS) is 14.7. The van der Waals surface area contributed by atoms with Gasteiger partial charge in [-0.1, -0.05) is 31.2 Å². The molecule has 1 aliphatic rings. The first-order valence-corrected chi connectivity index (χ1v) is 18.5. The molecule has 0 N–H and O–H groups in total. The lowest BCUT2D eigenvalue weighted by Gasteiger charge is -2.21. The number of carbonyl (C=O) groups is 1. The highest BCUT2D eigenvalue weighted by Gasteiger charge is 2.21. The molecule has 11 heteroatoms. The van der Waals surface area contributed by atoms with Gasteiger partial charge in [-0.15, -0.1) is 0 Å². The van der Waals surface area contributed by atoms with E-state index in [9.17, 15) is 4.79 Å². The van der Waals surface area contributed by atoms with Gasteiger partial charge in [0.05, 0.1) is 40.7 Å². The number of rotatable bonds is 9. The predicted molar refractivity (Wildman–Crippen MR) is 167 cm³/mol. The minimum atomic E-state index is -1.16. The molecule has 1 aliphatic carbocycles. The van der Waals surface area contributed by atoms with Crippen LogP contribution in [0.15, 0.2) is 48.9 Å². The number of imidazole rings is 1. The van der Waals surface area contributed by atoms with E-state index in [0.717, 1.165) is 47.9 Å². The Bertz CT molecular complexity index is 1770. The van der Waals surface area contributed by atoms with Gasteiger partial charge < -0.3 is 14.0 Å². The lowest BCUT2D eigenvalue weighted by Crippen LogP contribution is -2.22. The standard InChI is InChI=1S/C31H35ClN6O3Si/c1-20-35-25-10-9-24(15-28(25)37(20)19-40-13-14-42(2,3)4)41-29-12-11-26-31(30(29)32)36-27(17-33-26)21-16-34-38(18-21)22-5-7-23(39)8-6-22/h9-12,15-18,22H,5-8,13-14,19H2,1-4H3. The molecule has 0 atom stereocenters. The van der Waals surface area contributed by atoms with Crippen molar-refractivity contribution in [3.05, 3.63) is 59.8 Å². The van der Waals surface area contributed by atoms with E-state index in [2.05, 4.69) is 34.3 Å². The quantitative estimate of drug-likeness (QED) is 0.127. The van der Waals surface area contributed by atoms with Crippen molar-refractivity contribution in [2.24, 2.45) is 0 Å².